The second-order valence-electron chi connectivity index (χ2n) is 6.59. The van der Waals surface area contributed by atoms with Gasteiger partial charge in [-0.25, -0.2) is 9.18 Å². The average molecular weight is 486 g/mol. The summed E-state index contributed by atoms with van der Waals surface area (Å²) in [4.78, 5) is 26.3. The Balaban J connectivity index is 1.52. The van der Waals surface area contributed by atoms with Crippen LogP contribution in [0.4, 0.5) is 26.2 Å². The quantitative estimate of drug-likeness (QED) is 0.475. The highest BCUT2D eigenvalue weighted by atomic mass is 79.9. The van der Waals surface area contributed by atoms with Gasteiger partial charge >= 0.3 is 6.03 Å². The largest absolute Gasteiger partial charge is 0.323 e. The maximum Gasteiger partial charge on any atom is 0.323 e. The van der Waals surface area contributed by atoms with Crippen LogP contribution in [-0.2, 0) is 4.79 Å². The number of thioether (sulfide) groups is 1. The van der Waals surface area contributed by atoms with Crippen molar-refractivity contribution in [3.8, 4) is 0 Å². The smallest absolute Gasteiger partial charge is 0.308 e. The van der Waals surface area contributed by atoms with Crippen LogP contribution >= 0.6 is 27.7 Å². The third-order valence-electron chi connectivity index (χ3n) is 4.51. The molecule has 1 fully saturated rings. The first kappa shape index (κ1) is 20.4. The molecule has 3 aromatic carbocycles. The number of nitrogens with one attached hydrogen (secondary N) is 2. The summed E-state index contributed by atoms with van der Waals surface area (Å²) in [7, 11) is 0. The molecule has 4 rings (SSSR count). The molecule has 0 spiro atoms. The van der Waals surface area contributed by atoms with Crippen LogP contribution in [0.2, 0.25) is 0 Å². The molecule has 1 aliphatic rings. The Hall–Kier alpha value is -2.84. The summed E-state index contributed by atoms with van der Waals surface area (Å²) in [5.74, 6) is -0.330. The Morgan fingerprint density at radius 1 is 1.00 bits per heavy atom. The Morgan fingerprint density at radius 2 is 1.73 bits per heavy atom. The standard InChI is InChI=1S/C22H17BrFN3O2S/c23-15-8-10-16(11-9-15)25-22(29)26-17-5-3-4-14(12-17)21-27(20(28)13-30-21)19-7-2-1-6-18(19)24/h1-12,21H,13H2,(H2,25,26,29). The molecule has 0 saturated carbocycles. The number of halogens is 2. The van der Waals surface area contributed by atoms with Crippen LogP contribution in [0.25, 0.3) is 0 Å². The van der Waals surface area contributed by atoms with E-state index in [1.54, 1.807) is 48.5 Å². The first-order chi connectivity index (χ1) is 14.5. The summed E-state index contributed by atoms with van der Waals surface area (Å²) in [6.07, 6.45) is 0. The van der Waals surface area contributed by atoms with E-state index >= 15 is 0 Å². The van der Waals surface area contributed by atoms with Crippen LogP contribution in [-0.4, -0.2) is 17.7 Å². The predicted molar refractivity (Wildman–Crippen MR) is 122 cm³/mol. The second-order valence-corrected chi connectivity index (χ2v) is 8.57. The highest BCUT2D eigenvalue weighted by molar-refractivity contribution is 9.10. The van der Waals surface area contributed by atoms with Crippen molar-refractivity contribution >= 4 is 56.7 Å². The summed E-state index contributed by atoms with van der Waals surface area (Å²) >= 11 is 4.78. The molecule has 1 aliphatic heterocycles. The molecule has 0 aliphatic carbocycles. The van der Waals surface area contributed by atoms with Gasteiger partial charge in [-0.05, 0) is 54.1 Å². The third-order valence-corrected chi connectivity index (χ3v) is 6.25. The fourth-order valence-electron chi connectivity index (χ4n) is 3.17. The Kier molecular flexibility index (Phi) is 6.06. The molecule has 3 aromatic rings. The lowest BCUT2D eigenvalue weighted by molar-refractivity contribution is -0.115. The average Bonchev–Trinajstić information content (AvgIpc) is 3.11. The molecule has 1 saturated heterocycles. The van der Waals surface area contributed by atoms with Crippen molar-refractivity contribution in [2.45, 2.75) is 5.37 Å². The summed E-state index contributed by atoms with van der Waals surface area (Å²) < 4.78 is 15.2. The molecule has 2 N–H and O–H groups in total. The maximum absolute atomic E-state index is 14.3. The Bertz CT molecular complexity index is 1090. The zero-order valence-corrected chi connectivity index (χ0v) is 18.0. The van der Waals surface area contributed by atoms with Crippen LogP contribution in [0.15, 0.2) is 77.3 Å². The number of hydrogen-bond acceptors (Lipinski definition) is 3. The molecule has 0 bridgehead atoms. The van der Waals surface area contributed by atoms with Gasteiger partial charge in [-0.15, -0.1) is 11.8 Å². The minimum atomic E-state index is -0.443. The number of carbonyl (C=O) groups excluding carboxylic acids is 2. The van der Waals surface area contributed by atoms with E-state index in [0.717, 1.165) is 10.0 Å². The minimum absolute atomic E-state index is 0.151. The van der Waals surface area contributed by atoms with Gasteiger partial charge in [0.25, 0.3) is 0 Å². The van der Waals surface area contributed by atoms with Gasteiger partial charge in [0.1, 0.15) is 11.2 Å². The fourth-order valence-corrected chi connectivity index (χ4v) is 4.60. The van der Waals surface area contributed by atoms with Crippen molar-refractivity contribution in [1.82, 2.24) is 0 Å². The third kappa shape index (κ3) is 4.49. The van der Waals surface area contributed by atoms with Gasteiger partial charge in [0, 0.05) is 15.8 Å². The summed E-state index contributed by atoms with van der Waals surface area (Å²) in [5.41, 5.74) is 2.30. The highest BCUT2D eigenvalue weighted by Crippen LogP contribution is 2.42. The summed E-state index contributed by atoms with van der Waals surface area (Å²) in [6.45, 7) is 0. The monoisotopic (exact) mass is 485 g/mol. The number of para-hydroxylation sites is 1. The first-order valence-electron chi connectivity index (χ1n) is 9.13. The molecule has 1 heterocycles. The molecule has 8 heteroatoms. The van der Waals surface area contributed by atoms with Crippen molar-refractivity contribution in [2.24, 2.45) is 0 Å². The molecule has 3 amide bonds. The van der Waals surface area contributed by atoms with Gasteiger partial charge < -0.3 is 10.6 Å². The predicted octanol–water partition coefficient (Wildman–Crippen LogP) is 6.01. The molecule has 0 radical (unpaired) electrons. The lowest BCUT2D eigenvalue weighted by Crippen LogP contribution is -2.28. The summed E-state index contributed by atoms with van der Waals surface area (Å²) in [6, 6.07) is 20.3. The summed E-state index contributed by atoms with van der Waals surface area (Å²) in [5, 5.41) is 5.19. The van der Waals surface area contributed by atoms with Crippen molar-refractivity contribution in [2.75, 3.05) is 21.3 Å². The fraction of sp³-hybridized carbons (Fsp3) is 0.0909. The van der Waals surface area contributed by atoms with Crippen molar-refractivity contribution in [3.05, 3.63) is 88.6 Å². The number of nitrogens with zero attached hydrogens (tertiary/aromatic N) is 1. The first-order valence-corrected chi connectivity index (χ1v) is 11.0. The normalized spacial score (nSPS) is 15.9. The van der Waals surface area contributed by atoms with E-state index in [9.17, 15) is 14.0 Å². The van der Waals surface area contributed by atoms with E-state index in [1.165, 1.54) is 22.7 Å². The lowest BCUT2D eigenvalue weighted by atomic mass is 10.1. The zero-order valence-electron chi connectivity index (χ0n) is 15.6. The van der Waals surface area contributed by atoms with E-state index in [-0.39, 0.29) is 28.8 Å². The van der Waals surface area contributed by atoms with Gasteiger partial charge in [-0.1, -0.05) is 40.2 Å². The molecule has 1 unspecified atom stereocenters. The van der Waals surface area contributed by atoms with Crippen LogP contribution in [0.1, 0.15) is 10.9 Å². The highest BCUT2D eigenvalue weighted by Gasteiger charge is 2.35. The number of carbonyl (C=O) groups is 2. The number of anilines is 3. The molecule has 152 valence electrons. The van der Waals surface area contributed by atoms with Gasteiger partial charge in [0.05, 0.1) is 11.4 Å². The van der Waals surface area contributed by atoms with E-state index in [2.05, 4.69) is 26.6 Å². The number of hydrogen-bond donors (Lipinski definition) is 2. The molecule has 5 nitrogen and oxygen atoms in total. The molecule has 30 heavy (non-hydrogen) atoms. The van der Waals surface area contributed by atoms with Crippen LogP contribution in [0, 0.1) is 5.82 Å². The minimum Gasteiger partial charge on any atom is -0.308 e. The second kappa shape index (κ2) is 8.89. The van der Waals surface area contributed by atoms with Crippen LogP contribution in [0.5, 0.6) is 0 Å². The van der Waals surface area contributed by atoms with Crippen LogP contribution < -0.4 is 15.5 Å². The van der Waals surface area contributed by atoms with Crippen molar-refractivity contribution < 1.29 is 14.0 Å². The number of urea groups is 1. The van der Waals surface area contributed by atoms with E-state index in [1.807, 2.05) is 18.2 Å². The van der Waals surface area contributed by atoms with Gasteiger partial charge in [0.2, 0.25) is 5.91 Å². The molecule has 1 atom stereocenters. The van der Waals surface area contributed by atoms with Crippen LogP contribution in [0.3, 0.4) is 0 Å². The van der Waals surface area contributed by atoms with Gasteiger partial charge in [-0.2, -0.15) is 0 Å². The molecule has 0 aromatic heterocycles. The molecular weight excluding hydrogens is 469 g/mol. The van der Waals surface area contributed by atoms with Crippen molar-refractivity contribution in [3.63, 3.8) is 0 Å². The van der Waals surface area contributed by atoms with Gasteiger partial charge in [-0.3, -0.25) is 9.69 Å². The SMILES string of the molecule is O=C(Nc1ccc(Br)cc1)Nc1cccc(C2SCC(=O)N2c2ccccc2F)c1. The Labute approximate surface area is 185 Å². The van der Waals surface area contributed by atoms with E-state index < -0.39 is 5.82 Å². The molecular formula is C22H17BrFN3O2S. The lowest BCUT2D eigenvalue weighted by Gasteiger charge is -2.25. The van der Waals surface area contributed by atoms with E-state index in [4.69, 9.17) is 0 Å². The number of rotatable bonds is 4. The topological polar surface area (TPSA) is 61.4 Å². The van der Waals surface area contributed by atoms with Gasteiger partial charge in [0.15, 0.2) is 0 Å². The number of amides is 3. The number of benzene rings is 3. The van der Waals surface area contributed by atoms with E-state index in [0.29, 0.717) is 11.4 Å². The van der Waals surface area contributed by atoms with Crippen molar-refractivity contribution in [1.29, 1.82) is 0 Å². The zero-order chi connectivity index (χ0) is 21.1. The maximum atomic E-state index is 14.3. The Morgan fingerprint density at radius 3 is 2.50 bits per heavy atom.